The van der Waals surface area contributed by atoms with E-state index in [4.69, 9.17) is 9.47 Å². The first-order valence-corrected chi connectivity index (χ1v) is 17.0. The van der Waals surface area contributed by atoms with E-state index in [1.165, 1.54) is 11.0 Å². The summed E-state index contributed by atoms with van der Waals surface area (Å²) in [5.74, 6) is -2.01. The van der Waals surface area contributed by atoms with Gasteiger partial charge in [-0.15, -0.1) is 6.58 Å². The van der Waals surface area contributed by atoms with E-state index in [9.17, 15) is 27.6 Å². The highest BCUT2D eigenvalue weighted by Gasteiger charge is 2.61. The zero-order chi connectivity index (χ0) is 34.2. The number of ether oxygens (including phenoxy) is 2. The Bertz CT molecular complexity index is 1640. The number of carbonyl (C=O) groups is 4. The number of hydrogen-bond acceptors (Lipinski definition) is 8. The quantitative estimate of drug-likeness (QED) is 0.347. The second kappa shape index (κ2) is 12.6. The number of likely N-dealkylation sites (tertiary alicyclic amines) is 1. The first-order valence-electron chi connectivity index (χ1n) is 15.2. The van der Waals surface area contributed by atoms with Gasteiger partial charge in [-0.05, 0) is 44.1 Å². The van der Waals surface area contributed by atoms with Gasteiger partial charge in [0.15, 0.2) is 0 Å². The van der Waals surface area contributed by atoms with E-state index in [-0.39, 0.29) is 19.4 Å². The van der Waals surface area contributed by atoms with Gasteiger partial charge in [0, 0.05) is 17.7 Å². The smallest absolute Gasteiger partial charge is 0.408 e. The first-order chi connectivity index (χ1) is 21.2. The van der Waals surface area contributed by atoms with Crippen molar-refractivity contribution in [2.24, 2.45) is 11.3 Å². The van der Waals surface area contributed by atoms with Crippen LogP contribution in [0.25, 0.3) is 10.8 Å². The molecule has 2 aliphatic rings. The minimum absolute atomic E-state index is 0.0101. The standard InChI is InChI=1S/C33H44N4O8S/c1-9-21-18-33(21,29(40)36-46(8,42)43)35-27(38)24-17-22(44-25-16-12-14-20-13-10-11-15-23(20)25)19-37(24)28(39)26(31(2,3)4)34-30(41)45-32(5,6)7/h9-16,21-22,24,26H,1,17-19H2,2-8H3,(H,34,41)(H,35,38)(H,36,40)/t21-,22+,24-,26?,33-/m0/s1. The molecular weight excluding hydrogens is 612 g/mol. The minimum atomic E-state index is -3.91. The van der Waals surface area contributed by atoms with Crippen LogP contribution in [0.15, 0.2) is 55.1 Å². The molecule has 5 atom stereocenters. The number of nitrogens with one attached hydrogen (secondary N) is 3. The van der Waals surface area contributed by atoms with Crippen molar-refractivity contribution < 1.29 is 37.1 Å². The van der Waals surface area contributed by atoms with Crippen molar-refractivity contribution in [2.75, 3.05) is 12.8 Å². The lowest BCUT2D eigenvalue weighted by Gasteiger charge is -2.36. The van der Waals surface area contributed by atoms with Crippen LogP contribution in [-0.2, 0) is 29.1 Å². The van der Waals surface area contributed by atoms with Crippen molar-refractivity contribution >= 4 is 44.6 Å². The molecule has 12 nitrogen and oxygen atoms in total. The number of nitrogens with zero attached hydrogens (tertiary/aromatic N) is 1. The molecule has 3 N–H and O–H groups in total. The summed E-state index contributed by atoms with van der Waals surface area (Å²) < 4.78 is 37.5. The van der Waals surface area contributed by atoms with Crippen LogP contribution in [0.4, 0.5) is 4.79 Å². The topological polar surface area (TPSA) is 160 Å². The first kappa shape index (κ1) is 34.7. The van der Waals surface area contributed by atoms with E-state index in [1.54, 1.807) is 41.5 Å². The van der Waals surface area contributed by atoms with Crippen LogP contribution in [-0.4, -0.2) is 79.3 Å². The van der Waals surface area contributed by atoms with Crippen molar-refractivity contribution in [3.8, 4) is 5.75 Å². The molecule has 0 spiro atoms. The summed E-state index contributed by atoms with van der Waals surface area (Å²) in [5, 5.41) is 7.24. The number of benzene rings is 2. The maximum Gasteiger partial charge on any atom is 0.408 e. The second-order valence-corrected chi connectivity index (χ2v) is 15.9. The third-order valence-corrected chi connectivity index (χ3v) is 8.55. The van der Waals surface area contributed by atoms with Gasteiger partial charge in [0.25, 0.3) is 5.91 Å². The van der Waals surface area contributed by atoms with Crippen molar-refractivity contribution in [3.05, 3.63) is 55.1 Å². The van der Waals surface area contributed by atoms with Gasteiger partial charge >= 0.3 is 6.09 Å². The fourth-order valence-electron chi connectivity index (χ4n) is 5.69. The Kier molecular flexibility index (Phi) is 9.50. The zero-order valence-corrected chi connectivity index (χ0v) is 28.2. The molecule has 0 aromatic heterocycles. The highest BCUT2D eigenvalue weighted by atomic mass is 32.2. The van der Waals surface area contributed by atoms with Crippen LogP contribution in [0.2, 0.25) is 0 Å². The summed E-state index contributed by atoms with van der Waals surface area (Å²) in [6, 6.07) is 11.1. The molecule has 4 rings (SSSR count). The lowest BCUT2D eigenvalue weighted by Crippen LogP contribution is -2.60. The van der Waals surface area contributed by atoms with Crippen LogP contribution < -0.4 is 20.1 Å². The summed E-state index contributed by atoms with van der Waals surface area (Å²) in [7, 11) is -3.91. The Balaban J connectivity index is 1.66. The fraction of sp³-hybridized carbons (Fsp3) is 0.515. The molecule has 0 radical (unpaired) electrons. The molecule has 4 amide bonds. The molecule has 2 fully saturated rings. The summed E-state index contributed by atoms with van der Waals surface area (Å²) >= 11 is 0. The summed E-state index contributed by atoms with van der Waals surface area (Å²) in [4.78, 5) is 55.5. The Hall–Kier alpha value is -4.13. The third kappa shape index (κ3) is 7.98. The molecule has 1 aliphatic heterocycles. The lowest BCUT2D eigenvalue weighted by atomic mass is 9.85. The SMILES string of the molecule is C=C[C@H]1C[C@@]1(NC(=O)[C@@H]1C[C@@H](Oc2cccc3ccccc23)CN1C(=O)C(NC(=O)OC(C)(C)C)C(C)(C)C)C(=O)NS(C)(=O)=O. The molecule has 2 aromatic rings. The van der Waals surface area contributed by atoms with Gasteiger partial charge in [0.2, 0.25) is 21.8 Å². The van der Waals surface area contributed by atoms with Gasteiger partial charge in [-0.3, -0.25) is 19.1 Å². The Morgan fingerprint density at radius 1 is 1.04 bits per heavy atom. The van der Waals surface area contributed by atoms with Crippen molar-refractivity contribution in [1.82, 2.24) is 20.3 Å². The van der Waals surface area contributed by atoms with E-state index in [0.717, 1.165) is 17.0 Å². The van der Waals surface area contributed by atoms with Gasteiger partial charge in [0.1, 0.15) is 35.1 Å². The number of sulfonamides is 1. The van der Waals surface area contributed by atoms with Crippen LogP contribution in [0.3, 0.4) is 0 Å². The number of amides is 4. The van der Waals surface area contributed by atoms with Crippen LogP contribution in [0.5, 0.6) is 5.75 Å². The molecule has 13 heteroatoms. The Morgan fingerprint density at radius 3 is 2.28 bits per heavy atom. The average Bonchev–Trinajstić information content (AvgIpc) is 3.48. The van der Waals surface area contributed by atoms with Crippen molar-refractivity contribution in [1.29, 1.82) is 0 Å². The molecule has 46 heavy (non-hydrogen) atoms. The van der Waals surface area contributed by atoms with Crippen molar-refractivity contribution in [3.63, 3.8) is 0 Å². The van der Waals surface area contributed by atoms with E-state index >= 15 is 0 Å². The van der Waals surface area contributed by atoms with E-state index in [1.807, 2.05) is 47.2 Å². The molecule has 1 heterocycles. The summed E-state index contributed by atoms with van der Waals surface area (Å²) in [5.41, 5.74) is -3.14. The number of fused-ring (bicyclic) bond motifs is 1. The second-order valence-electron chi connectivity index (χ2n) is 14.1. The van der Waals surface area contributed by atoms with E-state index in [2.05, 4.69) is 17.2 Å². The molecule has 2 aromatic carbocycles. The molecule has 1 aliphatic carbocycles. The average molecular weight is 657 g/mol. The Morgan fingerprint density at radius 2 is 1.70 bits per heavy atom. The summed E-state index contributed by atoms with van der Waals surface area (Å²) in [6.45, 7) is 14.2. The number of carbonyl (C=O) groups excluding carboxylic acids is 4. The monoisotopic (exact) mass is 656 g/mol. The Labute approximate surface area is 270 Å². The number of rotatable bonds is 9. The van der Waals surface area contributed by atoms with Crippen molar-refractivity contribution in [2.45, 2.75) is 83.7 Å². The molecule has 0 bridgehead atoms. The predicted molar refractivity (Wildman–Crippen MR) is 173 cm³/mol. The fourth-order valence-corrected chi connectivity index (χ4v) is 6.21. The van der Waals surface area contributed by atoms with Crippen LogP contribution in [0, 0.1) is 11.3 Å². The van der Waals surface area contributed by atoms with Gasteiger partial charge in [-0.25, -0.2) is 13.2 Å². The van der Waals surface area contributed by atoms with Gasteiger partial charge in [0.05, 0.1) is 12.8 Å². The molecular formula is C33H44N4O8S. The van der Waals surface area contributed by atoms with Gasteiger partial charge in [-0.1, -0.05) is 63.2 Å². The van der Waals surface area contributed by atoms with E-state index in [0.29, 0.717) is 5.75 Å². The minimum Gasteiger partial charge on any atom is -0.488 e. The highest BCUT2D eigenvalue weighted by Crippen LogP contribution is 2.45. The maximum atomic E-state index is 14.3. The van der Waals surface area contributed by atoms with Gasteiger partial charge < -0.3 is 25.0 Å². The third-order valence-electron chi connectivity index (χ3n) is 7.99. The summed E-state index contributed by atoms with van der Waals surface area (Å²) in [6.07, 6.45) is 1.14. The maximum absolute atomic E-state index is 14.3. The predicted octanol–water partition coefficient (Wildman–Crippen LogP) is 3.26. The molecule has 1 unspecified atom stereocenters. The molecule has 1 saturated carbocycles. The van der Waals surface area contributed by atoms with E-state index < -0.39 is 74.5 Å². The highest BCUT2D eigenvalue weighted by molar-refractivity contribution is 7.89. The lowest BCUT2D eigenvalue weighted by molar-refractivity contribution is -0.143. The molecule has 250 valence electrons. The molecule has 1 saturated heterocycles. The zero-order valence-electron chi connectivity index (χ0n) is 27.4. The van der Waals surface area contributed by atoms with Gasteiger partial charge in [-0.2, -0.15) is 0 Å². The van der Waals surface area contributed by atoms with Crippen LogP contribution in [0.1, 0.15) is 54.4 Å². The normalized spacial score (nSPS) is 23.6. The van der Waals surface area contributed by atoms with Crippen LogP contribution >= 0.6 is 0 Å². The number of alkyl carbamates (subject to hydrolysis) is 1. The largest absolute Gasteiger partial charge is 0.488 e. The number of hydrogen-bond donors (Lipinski definition) is 3.